The standard InChI is InChI=1S/C4H6Cl2F2/c1-3(2,5)4(6,7)8/h1-2H3. The second-order valence-corrected chi connectivity index (χ2v) is 3.39. The van der Waals surface area contributed by atoms with Crippen LogP contribution in [0, 0.1) is 0 Å². The molecule has 0 spiro atoms. The Morgan fingerprint density at radius 2 is 1.25 bits per heavy atom. The van der Waals surface area contributed by atoms with E-state index in [-0.39, 0.29) is 0 Å². The molecule has 8 heavy (non-hydrogen) atoms. The normalized spacial score (nSPS) is 14.2. The van der Waals surface area contributed by atoms with E-state index in [2.05, 4.69) is 11.6 Å². The molecule has 50 valence electrons. The van der Waals surface area contributed by atoms with Gasteiger partial charge in [0.25, 0.3) is 0 Å². The fraction of sp³-hybridized carbons (Fsp3) is 1.00. The number of alkyl halides is 4. The van der Waals surface area contributed by atoms with Crippen LogP contribution in [0.1, 0.15) is 13.8 Å². The van der Waals surface area contributed by atoms with E-state index in [0.29, 0.717) is 0 Å². The molecule has 0 radical (unpaired) electrons. The first-order chi connectivity index (χ1) is 3.25. The maximum atomic E-state index is 11.9. The molecule has 0 aliphatic carbocycles. The van der Waals surface area contributed by atoms with Crippen molar-refractivity contribution in [2.45, 2.75) is 24.1 Å². The molecule has 0 heterocycles. The van der Waals surface area contributed by atoms with Crippen molar-refractivity contribution >= 4 is 23.2 Å². The Morgan fingerprint density at radius 3 is 1.25 bits per heavy atom. The predicted molar refractivity (Wildman–Crippen MR) is 30.7 cm³/mol. The minimum atomic E-state index is -3.32. The number of halogens is 4. The molecule has 4 heteroatoms. The highest BCUT2D eigenvalue weighted by molar-refractivity contribution is 6.32. The molecule has 0 saturated heterocycles. The van der Waals surface area contributed by atoms with E-state index >= 15 is 0 Å². The van der Waals surface area contributed by atoms with Crippen molar-refractivity contribution in [3.63, 3.8) is 0 Å². The molecule has 0 aromatic rings. The molecule has 0 rings (SSSR count). The molecule has 0 atom stereocenters. The van der Waals surface area contributed by atoms with Gasteiger partial charge in [0.05, 0.1) is 0 Å². The van der Waals surface area contributed by atoms with Crippen LogP contribution in [0.3, 0.4) is 0 Å². The summed E-state index contributed by atoms with van der Waals surface area (Å²) in [6, 6.07) is 0. The monoisotopic (exact) mass is 162 g/mol. The fourth-order valence-electron chi connectivity index (χ4n) is 0. The van der Waals surface area contributed by atoms with Gasteiger partial charge in [-0.2, -0.15) is 8.78 Å². The van der Waals surface area contributed by atoms with Gasteiger partial charge in [0.1, 0.15) is 4.87 Å². The lowest BCUT2D eigenvalue weighted by atomic mass is 10.2. The van der Waals surface area contributed by atoms with Crippen LogP contribution in [0.5, 0.6) is 0 Å². The van der Waals surface area contributed by atoms with Crippen LogP contribution in [0.25, 0.3) is 0 Å². The van der Waals surface area contributed by atoms with Gasteiger partial charge in [0, 0.05) is 0 Å². The van der Waals surface area contributed by atoms with Gasteiger partial charge < -0.3 is 0 Å². The Morgan fingerprint density at radius 1 is 1.12 bits per heavy atom. The molecule has 0 fully saturated rings. The van der Waals surface area contributed by atoms with Gasteiger partial charge in [0.2, 0.25) is 0 Å². The van der Waals surface area contributed by atoms with E-state index < -0.39 is 10.3 Å². The third kappa shape index (κ3) is 2.14. The van der Waals surface area contributed by atoms with E-state index in [1.807, 2.05) is 0 Å². The van der Waals surface area contributed by atoms with Crippen LogP contribution in [-0.4, -0.2) is 10.3 Å². The molecule has 0 aliphatic heterocycles. The molecular formula is C4H6Cl2F2. The quantitative estimate of drug-likeness (QED) is 0.521. The maximum absolute atomic E-state index is 11.9. The van der Waals surface area contributed by atoms with Crippen molar-refractivity contribution in [1.82, 2.24) is 0 Å². The lowest BCUT2D eigenvalue weighted by Crippen LogP contribution is -2.31. The largest absolute Gasteiger partial charge is 0.339 e. The Bertz CT molecular complexity index is 67.0. The van der Waals surface area contributed by atoms with Crippen LogP contribution in [0.15, 0.2) is 0 Å². The van der Waals surface area contributed by atoms with E-state index in [9.17, 15) is 8.78 Å². The summed E-state index contributed by atoms with van der Waals surface area (Å²) in [5.41, 5.74) is 0. The topological polar surface area (TPSA) is 0 Å². The zero-order chi connectivity index (χ0) is 7.00. The molecule has 0 aliphatic rings. The highest BCUT2D eigenvalue weighted by atomic mass is 35.5. The molecule has 0 unspecified atom stereocenters. The van der Waals surface area contributed by atoms with Gasteiger partial charge in [0.15, 0.2) is 0 Å². The maximum Gasteiger partial charge on any atom is 0.339 e. The number of rotatable bonds is 1. The van der Waals surface area contributed by atoms with E-state index in [1.54, 1.807) is 0 Å². The minimum absolute atomic E-state index is 1.15. The van der Waals surface area contributed by atoms with Gasteiger partial charge in [-0.25, -0.2) is 0 Å². The van der Waals surface area contributed by atoms with Crippen molar-refractivity contribution < 1.29 is 8.78 Å². The van der Waals surface area contributed by atoms with Crippen molar-refractivity contribution in [2.24, 2.45) is 0 Å². The first kappa shape index (κ1) is 8.44. The summed E-state index contributed by atoms with van der Waals surface area (Å²) in [5, 5.41) is -3.32. The van der Waals surface area contributed by atoms with E-state index in [0.717, 1.165) is 13.8 Å². The van der Waals surface area contributed by atoms with Gasteiger partial charge in [-0.1, -0.05) is 0 Å². The summed E-state index contributed by atoms with van der Waals surface area (Å²) in [6.45, 7) is 2.31. The van der Waals surface area contributed by atoms with E-state index in [1.165, 1.54) is 0 Å². The van der Waals surface area contributed by atoms with Crippen molar-refractivity contribution in [3.05, 3.63) is 0 Å². The van der Waals surface area contributed by atoms with Gasteiger partial charge in [-0.15, -0.1) is 11.6 Å². The van der Waals surface area contributed by atoms with Crippen LogP contribution < -0.4 is 0 Å². The number of hydrogen-bond acceptors (Lipinski definition) is 0. The van der Waals surface area contributed by atoms with Crippen molar-refractivity contribution in [3.8, 4) is 0 Å². The van der Waals surface area contributed by atoms with Gasteiger partial charge in [-0.3, -0.25) is 0 Å². The molecule has 0 aromatic carbocycles. The van der Waals surface area contributed by atoms with Gasteiger partial charge >= 0.3 is 5.38 Å². The predicted octanol–water partition coefficient (Wildman–Crippen LogP) is 2.84. The molecule has 0 nitrogen and oxygen atoms in total. The zero-order valence-electron chi connectivity index (χ0n) is 4.51. The highest BCUT2D eigenvalue weighted by Gasteiger charge is 2.43. The third-order valence-electron chi connectivity index (χ3n) is 0.674. The summed E-state index contributed by atoms with van der Waals surface area (Å²) < 4.78 is 23.7. The molecular weight excluding hydrogens is 157 g/mol. The Balaban J connectivity index is 4.02. The lowest BCUT2D eigenvalue weighted by molar-refractivity contribution is 0.0596. The SMILES string of the molecule is CC(C)(Cl)C(F)(F)Cl. The smallest absolute Gasteiger partial charge is 0.186 e. The zero-order valence-corrected chi connectivity index (χ0v) is 6.02. The average molecular weight is 163 g/mol. The Hall–Kier alpha value is 0.440. The Kier molecular flexibility index (Phi) is 2.10. The summed E-state index contributed by atoms with van der Waals surface area (Å²) in [7, 11) is 0. The van der Waals surface area contributed by atoms with Crippen LogP contribution >= 0.6 is 23.2 Å². The minimum Gasteiger partial charge on any atom is -0.186 e. The van der Waals surface area contributed by atoms with Crippen LogP contribution in [-0.2, 0) is 0 Å². The van der Waals surface area contributed by atoms with Crippen LogP contribution in [0.2, 0.25) is 0 Å². The first-order valence-corrected chi connectivity index (χ1v) is 2.76. The second-order valence-electron chi connectivity index (χ2n) is 1.97. The summed E-state index contributed by atoms with van der Waals surface area (Å²) in [5.74, 6) is 0. The van der Waals surface area contributed by atoms with Gasteiger partial charge in [-0.05, 0) is 25.4 Å². The second kappa shape index (κ2) is 1.99. The van der Waals surface area contributed by atoms with E-state index in [4.69, 9.17) is 11.6 Å². The molecule has 0 bridgehead atoms. The summed E-state index contributed by atoms with van der Waals surface area (Å²) in [4.78, 5) is -1.66. The molecule has 0 N–H and O–H groups in total. The van der Waals surface area contributed by atoms with Crippen molar-refractivity contribution in [1.29, 1.82) is 0 Å². The van der Waals surface area contributed by atoms with Crippen molar-refractivity contribution in [2.75, 3.05) is 0 Å². The molecule has 0 aromatic heterocycles. The first-order valence-electron chi connectivity index (χ1n) is 2.01. The lowest BCUT2D eigenvalue weighted by Gasteiger charge is -2.20. The van der Waals surface area contributed by atoms with Crippen LogP contribution in [0.4, 0.5) is 8.78 Å². The average Bonchev–Trinajstić information content (AvgIpc) is 1.25. The summed E-state index contributed by atoms with van der Waals surface area (Å²) in [6.07, 6.45) is 0. The molecule has 0 amide bonds. The third-order valence-corrected chi connectivity index (χ3v) is 1.48. The fourth-order valence-corrected chi connectivity index (χ4v) is 0. The summed E-state index contributed by atoms with van der Waals surface area (Å²) >= 11 is 9.67. The number of hydrogen-bond donors (Lipinski definition) is 0. The molecule has 0 saturated carbocycles. The highest BCUT2D eigenvalue weighted by Crippen LogP contribution is 2.37. The Labute approximate surface area is 56.8 Å².